The van der Waals surface area contributed by atoms with Crippen molar-refractivity contribution < 1.29 is 36.8 Å². The Bertz CT molecular complexity index is 2450. The zero-order valence-electron chi connectivity index (χ0n) is 30.4. The molecule has 3 aromatic carbocycles. The Morgan fingerprint density at radius 2 is 1.68 bits per heavy atom. The number of piperidine rings is 1. The Kier molecular flexibility index (Phi) is 11.1. The van der Waals surface area contributed by atoms with Gasteiger partial charge in [0.2, 0.25) is 27.8 Å². The molecule has 16 nitrogen and oxygen atoms in total. The zero-order valence-corrected chi connectivity index (χ0v) is 32.8. The van der Waals surface area contributed by atoms with Gasteiger partial charge in [-0.15, -0.1) is 0 Å². The quantitative estimate of drug-likeness (QED) is 0.0885. The predicted octanol–water partition coefficient (Wildman–Crippen LogP) is 4.77. The summed E-state index contributed by atoms with van der Waals surface area (Å²) in [5.41, 5.74) is 6.93. The Labute approximate surface area is 334 Å². The number of hydrogen-bond donors (Lipinski definition) is 6. The average molecular weight is 863 g/mol. The molecule has 2 aliphatic heterocycles. The summed E-state index contributed by atoms with van der Waals surface area (Å²) >= 11 is 3.35. The van der Waals surface area contributed by atoms with Crippen molar-refractivity contribution in [1.82, 2.24) is 24.9 Å². The molecule has 3 atom stereocenters. The fraction of sp³-hybridized carbons (Fsp3) is 0.289. The molecular formula is C38H37BrFN9O7S. The molecule has 4 aromatic rings. The highest BCUT2D eigenvalue weighted by Crippen LogP contribution is 2.35. The first kappa shape index (κ1) is 39.4. The number of hydrogen-bond acceptors (Lipinski definition) is 12. The number of aryl methyl sites for hydroxylation is 1. The molecule has 2 unspecified atom stereocenters. The van der Waals surface area contributed by atoms with Crippen LogP contribution in [-0.2, 0) is 19.6 Å². The zero-order chi connectivity index (χ0) is 40.6. The Balaban J connectivity index is 0.983. The van der Waals surface area contributed by atoms with Gasteiger partial charge in [-0.25, -0.2) is 22.5 Å². The lowest BCUT2D eigenvalue weighted by Gasteiger charge is -2.28. The van der Waals surface area contributed by atoms with Crippen LogP contribution < -0.4 is 31.7 Å². The number of amides is 5. The molecule has 2 fully saturated rings. The molecule has 3 aliphatic rings. The maximum absolute atomic E-state index is 14.3. The number of nitrogens with one attached hydrogen (secondary N) is 5. The van der Waals surface area contributed by atoms with Crippen molar-refractivity contribution in [2.75, 3.05) is 16.0 Å². The van der Waals surface area contributed by atoms with Gasteiger partial charge in [-0.05, 0) is 109 Å². The van der Waals surface area contributed by atoms with Gasteiger partial charge >= 0.3 is 0 Å². The Morgan fingerprint density at radius 1 is 0.947 bits per heavy atom. The van der Waals surface area contributed by atoms with Gasteiger partial charge in [0, 0.05) is 36.1 Å². The molecule has 19 heteroatoms. The van der Waals surface area contributed by atoms with Gasteiger partial charge in [0.05, 0.1) is 31.7 Å². The number of carbonyl (C=O) groups is 5. The molecule has 0 bridgehead atoms. The second kappa shape index (κ2) is 16.0. The maximum Gasteiger partial charge on any atom is 0.264 e. The molecule has 0 spiro atoms. The smallest absolute Gasteiger partial charge is 0.264 e. The third-order valence-electron chi connectivity index (χ3n) is 10.1. The van der Waals surface area contributed by atoms with E-state index in [2.05, 4.69) is 51.9 Å². The number of primary amides is 1. The number of fused-ring (bicyclic) bond motifs is 1. The number of benzene rings is 3. The summed E-state index contributed by atoms with van der Waals surface area (Å²) in [6.45, 7) is 1.67. The summed E-state index contributed by atoms with van der Waals surface area (Å²) < 4.78 is 44.9. The van der Waals surface area contributed by atoms with E-state index in [1.165, 1.54) is 30.5 Å². The Morgan fingerprint density at radius 3 is 2.44 bits per heavy atom. The molecule has 7 N–H and O–H groups in total. The number of sulfonamides is 1. The van der Waals surface area contributed by atoms with Crippen LogP contribution >= 0.6 is 15.9 Å². The lowest BCUT2D eigenvalue weighted by molar-refractivity contribution is -0.136. The summed E-state index contributed by atoms with van der Waals surface area (Å²) in [6.07, 6.45) is 4.57. The van der Waals surface area contributed by atoms with Gasteiger partial charge in [0.25, 0.3) is 17.7 Å². The highest BCUT2D eigenvalue weighted by atomic mass is 79.9. The highest BCUT2D eigenvalue weighted by Gasteiger charge is 2.45. The van der Waals surface area contributed by atoms with Gasteiger partial charge in [-0.3, -0.25) is 34.2 Å². The first-order chi connectivity index (χ1) is 27.2. The molecule has 7 rings (SSSR count). The van der Waals surface area contributed by atoms with Gasteiger partial charge in [-0.2, -0.15) is 4.98 Å². The average Bonchev–Trinajstić information content (AvgIpc) is 3.25. The van der Waals surface area contributed by atoms with Crippen molar-refractivity contribution in [1.29, 1.82) is 0 Å². The predicted molar refractivity (Wildman–Crippen MR) is 210 cm³/mol. The topological polar surface area (TPSA) is 235 Å². The van der Waals surface area contributed by atoms with Crippen LogP contribution in [0.5, 0.6) is 0 Å². The van der Waals surface area contributed by atoms with Gasteiger partial charge in [0.1, 0.15) is 17.7 Å². The van der Waals surface area contributed by atoms with E-state index < -0.39 is 51.4 Å². The summed E-state index contributed by atoms with van der Waals surface area (Å²) in [6, 6.07) is 12.1. The SMILES string of the molecule is Cc1cc(Nc2ncc(Br)c(Nc3cccc(F)c3C(N)=O)n2)ccc1S(=O)(=O)N[C@H]1CCCC(Nc2cccc3c2C(=O)N(C2CCC(=O)NC2=O)C3=O)CC1. The first-order valence-corrected chi connectivity index (χ1v) is 20.4. The highest BCUT2D eigenvalue weighted by molar-refractivity contribution is 9.10. The molecular weight excluding hydrogens is 825 g/mol. The van der Waals surface area contributed by atoms with Crippen LogP contribution in [0.1, 0.15) is 81.6 Å². The van der Waals surface area contributed by atoms with E-state index in [0.29, 0.717) is 53.5 Å². The Hall–Kier alpha value is -5.79. The number of nitrogens with zero attached hydrogens (tertiary/aromatic N) is 3. The largest absolute Gasteiger partial charge is 0.382 e. The molecule has 3 heterocycles. The minimum Gasteiger partial charge on any atom is -0.382 e. The van der Waals surface area contributed by atoms with Crippen molar-refractivity contribution in [3.63, 3.8) is 0 Å². The van der Waals surface area contributed by atoms with E-state index in [-0.39, 0.29) is 64.0 Å². The summed E-state index contributed by atoms with van der Waals surface area (Å²) in [4.78, 5) is 72.6. The lowest BCUT2D eigenvalue weighted by Crippen LogP contribution is -2.54. The van der Waals surface area contributed by atoms with Crippen LogP contribution in [-0.4, -0.2) is 70.9 Å². The van der Waals surface area contributed by atoms with E-state index in [4.69, 9.17) is 5.73 Å². The van der Waals surface area contributed by atoms with Crippen LogP contribution in [0.3, 0.4) is 0 Å². The molecule has 1 saturated carbocycles. The van der Waals surface area contributed by atoms with E-state index in [0.717, 1.165) is 11.0 Å². The van der Waals surface area contributed by atoms with Gasteiger partial charge in [-0.1, -0.05) is 12.1 Å². The monoisotopic (exact) mass is 861 g/mol. The second-order valence-electron chi connectivity index (χ2n) is 14.0. The molecule has 1 saturated heterocycles. The number of rotatable bonds is 11. The number of imide groups is 2. The summed E-state index contributed by atoms with van der Waals surface area (Å²) in [5.74, 6) is -3.71. The molecule has 0 radical (unpaired) electrons. The fourth-order valence-corrected chi connectivity index (χ4v) is 9.20. The van der Waals surface area contributed by atoms with Crippen molar-refractivity contribution >= 4 is 84.3 Å². The summed E-state index contributed by atoms with van der Waals surface area (Å²) in [5, 5.41) is 11.5. The minimum atomic E-state index is -3.94. The molecule has 296 valence electrons. The third-order valence-corrected chi connectivity index (χ3v) is 12.4. The molecule has 57 heavy (non-hydrogen) atoms. The van der Waals surface area contributed by atoms with Crippen molar-refractivity contribution in [2.24, 2.45) is 5.73 Å². The standard InChI is InChI=1S/C38H37BrFN9O7S/c1-19-17-22(44-38-42-18-24(39)34(47-38)45-27-10-4-8-25(40)32(27)33(41)51)13-15-29(19)57(55,56)48-21-6-2-5-20(11-12-21)43-26-9-3-7-23-31(26)37(54)49(36(23)53)28-14-16-30(50)46-35(28)52/h3-4,7-10,13,15,17-18,20-21,28,43,48H,2,5-6,11-12,14,16H2,1H3,(H2,41,51)(H,46,50,52)(H2,42,44,45,47)/t20?,21-,28?/m0/s1. The van der Waals surface area contributed by atoms with Crippen LogP contribution in [0.25, 0.3) is 0 Å². The summed E-state index contributed by atoms with van der Waals surface area (Å²) in [7, 11) is -3.94. The number of anilines is 5. The molecule has 1 aliphatic carbocycles. The van der Waals surface area contributed by atoms with Gasteiger partial charge < -0.3 is 21.7 Å². The van der Waals surface area contributed by atoms with Crippen molar-refractivity contribution in [3.05, 3.63) is 93.3 Å². The van der Waals surface area contributed by atoms with Crippen molar-refractivity contribution in [3.8, 4) is 0 Å². The second-order valence-corrected chi connectivity index (χ2v) is 16.5. The van der Waals surface area contributed by atoms with E-state index in [9.17, 15) is 36.8 Å². The lowest BCUT2D eigenvalue weighted by atomic mass is 10.0. The minimum absolute atomic E-state index is 0.0234. The normalized spacial score (nSPS) is 19.8. The van der Waals surface area contributed by atoms with Crippen LogP contribution in [0.15, 0.2) is 70.2 Å². The van der Waals surface area contributed by atoms with E-state index in [1.807, 2.05) is 0 Å². The third kappa shape index (κ3) is 8.21. The molecule has 5 amide bonds. The number of halogens is 2. The first-order valence-electron chi connectivity index (χ1n) is 18.1. The van der Waals surface area contributed by atoms with Gasteiger partial charge in [0.15, 0.2) is 0 Å². The van der Waals surface area contributed by atoms with Crippen LogP contribution in [0.2, 0.25) is 0 Å². The fourth-order valence-electron chi connectivity index (χ4n) is 7.38. The van der Waals surface area contributed by atoms with E-state index >= 15 is 0 Å². The number of carbonyl (C=O) groups excluding carboxylic acids is 5. The maximum atomic E-state index is 14.3. The van der Waals surface area contributed by atoms with Crippen LogP contribution in [0, 0.1) is 12.7 Å². The van der Waals surface area contributed by atoms with Crippen molar-refractivity contribution in [2.45, 2.75) is 74.9 Å². The van der Waals surface area contributed by atoms with E-state index in [1.54, 1.807) is 31.2 Å². The number of aromatic nitrogens is 2. The van der Waals surface area contributed by atoms with Crippen LogP contribution in [0.4, 0.5) is 33.2 Å². The number of nitrogens with two attached hydrogens (primary N) is 1. The molecule has 1 aromatic heterocycles.